The Morgan fingerprint density at radius 3 is 2.53 bits per heavy atom. The van der Waals surface area contributed by atoms with Crippen molar-refractivity contribution in [2.24, 2.45) is 5.92 Å². The van der Waals surface area contributed by atoms with Crippen molar-refractivity contribution < 1.29 is 4.74 Å². The summed E-state index contributed by atoms with van der Waals surface area (Å²) in [5, 5.41) is 0. The highest BCUT2D eigenvalue weighted by atomic mass is 35.5. The minimum atomic E-state index is 0.395. The number of hydrogen-bond donors (Lipinski definition) is 0. The molecule has 0 radical (unpaired) electrons. The predicted molar refractivity (Wildman–Crippen MR) is 66.0 cm³/mol. The van der Waals surface area contributed by atoms with Crippen LogP contribution in [0.15, 0.2) is 12.1 Å². The normalized spacial score (nSPS) is 12.6. The Balaban J connectivity index is 2.76. The molecule has 1 atom stereocenters. The van der Waals surface area contributed by atoms with Gasteiger partial charge >= 0.3 is 0 Å². The molecule has 0 aliphatic rings. The number of ether oxygens (including phenoxy) is 1. The maximum absolute atomic E-state index is 5.77. The number of benzene rings is 1. The van der Waals surface area contributed by atoms with E-state index in [1.807, 2.05) is 0 Å². The first-order valence-corrected chi connectivity index (χ1v) is 5.84. The molecular weight excluding hydrogens is 208 g/mol. The Bertz CT molecular complexity index is 334. The van der Waals surface area contributed by atoms with Gasteiger partial charge in [0.25, 0.3) is 0 Å². The van der Waals surface area contributed by atoms with Crippen LogP contribution in [0.3, 0.4) is 0 Å². The third kappa shape index (κ3) is 3.42. The number of aryl methyl sites for hydroxylation is 2. The highest BCUT2D eigenvalue weighted by Crippen LogP contribution is 2.23. The first-order chi connectivity index (χ1) is 7.04. The number of rotatable bonds is 4. The lowest BCUT2D eigenvalue weighted by Crippen LogP contribution is -2.10. The molecule has 0 aliphatic heterocycles. The van der Waals surface area contributed by atoms with Crippen LogP contribution in [0.1, 0.15) is 23.6 Å². The molecule has 1 rings (SSSR count). The summed E-state index contributed by atoms with van der Waals surface area (Å²) in [4.78, 5) is 0. The molecular formula is C13H19ClO. The Morgan fingerprint density at radius 1 is 1.27 bits per heavy atom. The van der Waals surface area contributed by atoms with Crippen LogP contribution in [-0.2, 0) is 0 Å². The molecule has 1 nitrogen and oxygen atoms in total. The van der Waals surface area contributed by atoms with Crippen LogP contribution in [0.25, 0.3) is 0 Å². The van der Waals surface area contributed by atoms with Crippen molar-refractivity contribution in [3.8, 4) is 5.75 Å². The first-order valence-electron chi connectivity index (χ1n) is 5.31. The SMILES string of the molecule is Cc1cc(C)c(C)c(OCC(C)CCl)c1. The molecule has 0 saturated carbocycles. The van der Waals surface area contributed by atoms with Gasteiger partial charge in [-0.15, -0.1) is 11.6 Å². The maximum Gasteiger partial charge on any atom is 0.122 e. The fraction of sp³-hybridized carbons (Fsp3) is 0.538. The van der Waals surface area contributed by atoms with Gasteiger partial charge < -0.3 is 4.74 Å². The molecule has 0 amide bonds. The Morgan fingerprint density at radius 2 is 1.93 bits per heavy atom. The van der Waals surface area contributed by atoms with E-state index in [4.69, 9.17) is 16.3 Å². The minimum absolute atomic E-state index is 0.395. The van der Waals surface area contributed by atoms with Gasteiger partial charge in [-0.05, 0) is 43.5 Å². The molecule has 0 aliphatic carbocycles. The quantitative estimate of drug-likeness (QED) is 0.709. The fourth-order valence-electron chi connectivity index (χ4n) is 1.43. The van der Waals surface area contributed by atoms with Crippen LogP contribution >= 0.6 is 11.6 Å². The molecule has 15 heavy (non-hydrogen) atoms. The maximum atomic E-state index is 5.77. The molecule has 0 spiro atoms. The largest absolute Gasteiger partial charge is 0.493 e. The van der Waals surface area contributed by atoms with Crippen molar-refractivity contribution in [2.45, 2.75) is 27.7 Å². The van der Waals surface area contributed by atoms with Gasteiger partial charge in [0.2, 0.25) is 0 Å². The molecule has 1 unspecified atom stereocenters. The molecule has 0 heterocycles. The van der Waals surface area contributed by atoms with Gasteiger partial charge in [-0.25, -0.2) is 0 Å². The van der Waals surface area contributed by atoms with Crippen LogP contribution in [0, 0.1) is 26.7 Å². The van der Waals surface area contributed by atoms with Crippen molar-refractivity contribution in [2.75, 3.05) is 12.5 Å². The highest BCUT2D eigenvalue weighted by Gasteiger charge is 2.06. The van der Waals surface area contributed by atoms with Gasteiger partial charge in [-0.2, -0.15) is 0 Å². The average molecular weight is 227 g/mol. The van der Waals surface area contributed by atoms with Gasteiger partial charge in [-0.3, -0.25) is 0 Å². The highest BCUT2D eigenvalue weighted by molar-refractivity contribution is 6.18. The van der Waals surface area contributed by atoms with E-state index in [1.54, 1.807) is 0 Å². The topological polar surface area (TPSA) is 9.23 Å². The molecule has 0 aromatic heterocycles. The zero-order valence-electron chi connectivity index (χ0n) is 9.93. The van der Waals surface area contributed by atoms with Crippen LogP contribution in [0.5, 0.6) is 5.75 Å². The van der Waals surface area contributed by atoms with E-state index in [2.05, 4.69) is 39.8 Å². The molecule has 0 N–H and O–H groups in total. The summed E-state index contributed by atoms with van der Waals surface area (Å²) in [6, 6.07) is 4.26. The molecule has 0 saturated heterocycles. The van der Waals surface area contributed by atoms with Crippen LogP contribution in [0.4, 0.5) is 0 Å². The van der Waals surface area contributed by atoms with Gasteiger partial charge in [-0.1, -0.05) is 13.0 Å². The van der Waals surface area contributed by atoms with Crippen molar-refractivity contribution in [1.29, 1.82) is 0 Å². The Kier molecular flexibility index (Phi) is 4.46. The van der Waals surface area contributed by atoms with E-state index in [-0.39, 0.29) is 0 Å². The lowest BCUT2D eigenvalue weighted by molar-refractivity contribution is 0.271. The molecule has 2 heteroatoms. The summed E-state index contributed by atoms with van der Waals surface area (Å²) in [5.41, 5.74) is 3.75. The van der Waals surface area contributed by atoms with E-state index in [0.29, 0.717) is 18.4 Å². The van der Waals surface area contributed by atoms with Crippen LogP contribution in [0.2, 0.25) is 0 Å². The van der Waals surface area contributed by atoms with Crippen LogP contribution in [-0.4, -0.2) is 12.5 Å². The standard InChI is InChI=1S/C13H19ClO/c1-9-5-11(3)12(4)13(6-9)15-8-10(2)7-14/h5-6,10H,7-8H2,1-4H3. The second-order valence-electron chi connectivity index (χ2n) is 4.28. The summed E-state index contributed by atoms with van der Waals surface area (Å²) in [6.45, 7) is 9.07. The zero-order valence-corrected chi connectivity index (χ0v) is 10.7. The lowest BCUT2D eigenvalue weighted by atomic mass is 10.1. The smallest absolute Gasteiger partial charge is 0.122 e. The van der Waals surface area contributed by atoms with Crippen LogP contribution < -0.4 is 4.74 Å². The van der Waals surface area contributed by atoms with Crippen molar-refractivity contribution in [1.82, 2.24) is 0 Å². The van der Waals surface area contributed by atoms with E-state index >= 15 is 0 Å². The summed E-state index contributed by atoms with van der Waals surface area (Å²) in [7, 11) is 0. The number of hydrogen-bond acceptors (Lipinski definition) is 1. The summed E-state index contributed by atoms with van der Waals surface area (Å²) in [5.74, 6) is 2.03. The fourth-order valence-corrected chi connectivity index (χ4v) is 1.52. The lowest BCUT2D eigenvalue weighted by Gasteiger charge is -2.14. The van der Waals surface area contributed by atoms with Gasteiger partial charge in [0.1, 0.15) is 5.75 Å². The first kappa shape index (κ1) is 12.4. The zero-order chi connectivity index (χ0) is 11.4. The third-order valence-electron chi connectivity index (χ3n) is 2.55. The second-order valence-corrected chi connectivity index (χ2v) is 4.58. The molecule has 1 aromatic rings. The molecule has 84 valence electrons. The van der Waals surface area contributed by atoms with Gasteiger partial charge in [0.05, 0.1) is 6.61 Å². The number of alkyl halides is 1. The monoisotopic (exact) mass is 226 g/mol. The van der Waals surface area contributed by atoms with Crippen molar-refractivity contribution in [3.05, 3.63) is 28.8 Å². The number of halogens is 1. The molecule has 0 bridgehead atoms. The average Bonchev–Trinajstić information content (AvgIpc) is 2.20. The minimum Gasteiger partial charge on any atom is -0.493 e. The Hall–Kier alpha value is -0.690. The summed E-state index contributed by atoms with van der Waals surface area (Å²) in [6.07, 6.45) is 0. The summed E-state index contributed by atoms with van der Waals surface area (Å²) >= 11 is 5.74. The Labute approximate surface area is 97.4 Å². The summed E-state index contributed by atoms with van der Waals surface area (Å²) < 4.78 is 5.77. The van der Waals surface area contributed by atoms with Crippen molar-refractivity contribution >= 4 is 11.6 Å². The van der Waals surface area contributed by atoms with E-state index in [0.717, 1.165) is 5.75 Å². The third-order valence-corrected chi connectivity index (χ3v) is 3.08. The molecule has 1 aromatic carbocycles. The van der Waals surface area contributed by atoms with Gasteiger partial charge in [0, 0.05) is 11.8 Å². The van der Waals surface area contributed by atoms with Crippen molar-refractivity contribution in [3.63, 3.8) is 0 Å². The van der Waals surface area contributed by atoms with E-state index in [1.165, 1.54) is 16.7 Å². The van der Waals surface area contributed by atoms with Gasteiger partial charge in [0.15, 0.2) is 0 Å². The van der Waals surface area contributed by atoms with E-state index in [9.17, 15) is 0 Å². The van der Waals surface area contributed by atoms with E-state index < -0.39 is 0 Å². The molecule has 0 fully saturated rings. The second kappa shape index (κ2) is 5.41. The predicted octanol–water partition coefficient (Wildman–Crippen LogP) is 3.87.